The highest BCUT2D eigenvalue weighted by molar-refractivity contribution is 5.97. The Hall–Kier alpha value is -0.940. The van der Waals surface area contributed by atoms with Crippen molar-refractivity contribution in [2.45, 2.75) is 51.5 Å². The zero-order chi connectivity index (χ0) is 14.4. The summed E-state index contributed by atoms with van der Waals surface area (Å²) in [6, 6.07) is 0.508. The van der Waals surface area contributed by atoms with Crippen molar-refractivity contribution in [2.75, 3.05) is 32.7 Å². The quantitative estimate of drug-likeness (QED) is 0.756. The molecule has 2 saturated heterocycles. The Morgan fingerprint density at radius 3 is 2.90 bits per heavy atom. The first-order chi connectivity index (χ1) is 9.70. The van der Waals surface area contributed by atoms with Crippen LogP contribution in [-0.2, 0) is 9.59 Å². The SMILES string of the molecule is CCCCN(CC(=O)N1CCCC1=O)CC1CCCN1. The first kappa shape index (κ1) is 15.4. The number of carbonyl (C=O) groups is 2. The number of likely N-dealkylation sites (tertiary alicyclic amines) is 1. The van der Waals surface area contributed by atoms with Gasteiger partial charge >= 0.3 is 0 Å². The van der Waals surface area contributed by atoms with Crippen molar-refractivity contribution in [3.8, 4) is 0 Å². The molecule has 0 aromatic carbocycles. The average molecular weight is 281 g/mol. The van der Waals surface area contributed by atoms with E-state index in [-0.39, 0.29) is 11.8 Å². The minimum Gasteiger partial charge on any atom is -0.313 e. The van der Waals surface area contributed by atoms with Crippen LogP contribution < -0.4 is 5.32 Å². The predicted molar refractivity (Wildman–Crippen MR) is 78.3 cm³/mol. The van der Waals surface area contributed by atoms with Crippen LogP contribution in [0.2, 0.25) is 0 Å². The molecule has 0 bridgehead atoms. The molecule has 2 heterocycles. The lowest BCUT2D eigenvalue weighted by atomic mass is 10.2. The van der Waals surface area contributed by atoms with Crippen LogP contribution in [0.15, 0.2) is 0 Å². The third kappa shape index (κ3) is 4.28. The van der Waals surface area contributed by atoms with Gasteiger partial charge in [0.05, 0.1) is 6.54 Å². The fourth-order valence-corrected chi connectivity index (χ4v) is 3.03. The van der Waals surface area contributed by atoms with Crippen LogP contribution in [0.5, 0.6) is 0 Å². The Morgan fingerprint density at radius 1 is 1.45 bits per heavy atom. The average Bonchev–Trinajstić information content (AvgIpc) is 3.07. The summed E-state index contributed by atoms with van der Waals surface area (Å²) in [7, 11) is 0. The first-order valence-corrected chi connectivity index (χ1v) is 7.99. The lowest BCUT2D eigenvalue weighted by Crippen LogP contribution is -2.45. The Balaban J connectivity index is 1.84. The maximum absolute atomic E-state index is 12.2. The van der Waals surface area contributed by atoms with E-state index in [1.54, 1.807) is 0 Å². The van der Waals surface area contributed by atoms with Gasteiger partial charge in [-0.05, 0) is 38.8 Å². The molecule has 2 rings (SSSR count). The molecule has 5 nitrogen and oxygen atoms in total. The number of nitrogens with zero attached hydrogens (tertiary/aromatic N) is 2. The molecule has 1 unspecified atom stereocenters. The molecule has 0 aromatic heterocycles. The standard InChI is InChI=1S/C15H27N3O2/c1-2-3-9-17(11-13-6-4-8-16-13)12-15(20)18-10-5-7-14(18)19/h13,16H,2-12H2,1H3. The number of unbranched alkanes of at least 4 members (excludes halogenated alkanes) is 1. The van der Waals surface area contributed by atoms with Gasteiger partial charge in [0.25, 0.3) is 0 Å². The van der Waals surface area contributed by atoms with Gasteiger partial charge in [-0.25, -0.2) is 0 Å². The van der Waals surface area contributed by atoms with Crippen molar-refractivity contribution in [3.05, 3.63) is 0 Å². The van der Waals surface area contributed by atoms with E-state index in [1.165, 1.54) is 17.7 Å². The molecule has 0 aromatic rings. The summed E-state index contributed by atoms with van der Waals surface area (Å²) in [6.07, 6.45) is 6.01. The monoisotopic (exact) mass is 281 g/mol. The minimum atomic E-state index is -0.0124. The van der Waals surface area contributed by atoms with E-state index in [1.807, 2.05) is 0 Å². The van der Waals surface area contributed by atoms with Gasteiger partial charge in [0.2, 0.25) is 11.8 Å². The van der Waals surface area contributed by atoms with Crippen molar-refractivity contribution in [3.63, 3.8) is 0 Å². The summed E-state index contributed by atoms with van der Waals surface area (Å²) in [6.45, 7) is 6.13. The van der Waals surface area contributed by atoms with Crippen molar-refractivity contribution < 1.29 is 9.59 Å². The van der Waals surface area contributed by atoms with Crippen LogP contribution >= 0.6 is 0 Å². The molecule has 5 heteroatoms. The maximum atomic E-state index is 12.2. The summed E-state index contributed by atoms with van der Waals surface area (Å²) < 4.78 is 0. The number of imide groups is 1. The Bertz CT molecular complexity index is 340. The van der Waals surface area contributed by atoms with Crippen LogP contribution in [0.25, 0.3) is 0 Å². The van der Waals surface area contributed by atoms with Gasteiger partial charge in [-0.2, -0.15) is 0 Å². The molecular formula is C15H27N3O2. The van der Waals surface area contributed by atoms with Gasteiger partial charge in [0.1, 0.15) is 0 Å². The van der Waals surface area contributed by atoms with E-state index >= 15 is 0 Å². The van der Waals surface area contributed by atoms with E-state index in [0.29, 0.717) is 25.6 Å². The molecular weight excluding hydrogens is 254 g/mol. The number of nitrogens with one attached hydrogen (secondary N) is 1. The number of carbonyl (C=O) groups excluding carboxylic acids is 2. The summed E-state index contributed by atoms with van der Waals surface area (Å²) >= 11 is 0. The summed E-state index contributed by atoms with van der Waals surface area (Å²) in [5.41, 5.74) is 0. The molecule has 1 N–H and O–H groups in total. The van der Waals surface area contributed by atoms with Gasteiger partial charge in [0.15, 0.2) is 0 Å². The molecule has 0 aliphatic carbocycles. The van der Waals surface area contributed by atoms with Gasteiger partial charge in [-0.1, -0.05) is 13.3 Å². The second kappa shape index (κ2) is 7.74. The first-order valence-electron chi connectivity index (χ1n) is 7.99. The lowest BCUT2D eigenvalue weighted by molar-refractivity contribution is -0.142. The fourth-order valence-electron chi connectivity index (χ4n) is 3.03. The van der Waals surface area contributed by atoms with Gasteiger partial charge in [-0.3, -0.25) is 19.4 Å². The van der Waals surface area contributed by atoms with E-state index in [9.17, 15) is 9.59 Å². The smallest absolute Gasteiger partial charge is 0.243 e. The maximum Gasteiger partial charge on any atom is 0.243 e. The van der Waals surface area contributed by atoms with Crippen LogP contribution in [0.1, 0.15) is 45.4 Å². The number of hydrogen-bond acceptors (Lipinski definition) is 4. The zero-order valence-electron chi connectivity index (χ0n) is 12.6. The number of amides is 2. The number of rotatable bonds is 7. The largest absolute Gasteiger partial charge is 0.313 e. The molecule has 20 heavy (non-hydrogen) atoms. The van der Waals surface area contributed by atoms with E-state index in [0.717, 1.165) is 38.9 Å². The van der Waals surface area contributed by atoms with Crippen molar-refractivity contribution >= 4 is 11.8 Å². The van der Waals surface area contributed by atoms with Gasteiger partial charge in [0, 0.05) is 25.6 Å². The molecule has 2 fully saturated rings. The topological polar surface area (TPSA) is 52.7 Å². The molecule has 2 aliphatic rings. The van der Waals surface area contributed by atoms with Gasteiger partial charge in [-0.15, -0.1) is 0 Å². The minimum absolute atomic E-state index is 0.00410. The second-order valence-electron chi connectivity index (χ2n) is 5.92. The fraction of sp³-hybridized carbons (Fsp3) is 0.867. The Kier molecular flexibility index (Phi) is 5.98. The van der Waals surface area contributed by atoms with Crippen LogP contribution in [0, 0.1) is 0 Å². The van der Waals surface area contributed by atoms with E-state index in [4.69, 9.17) is 0 Å². The molecule has 114 valence electrons. The van der Waals surface area contributed by atoms with Crippen LogP contribution in [0.3, 0.4) is 0 Å². The summed E-state index contributed by atoms with van der Waals surface area (Å²) in [4.78, 5) is 27.5. The molecule has 0 spiro atoms. The Labute approximate surface area is 121 Å². The van der Waals surface area contributed by atoms with Crippen molar-refractivity contribution in [2.24, 2.45) is 0 Å². The van der Waals surface area contributed by atoms with E-state index < -0.39 is 0 Å². The summed E-state index contributed by atoms with van der Waals surface area (Å²) in [5, 5.41) is 3.48. The third-order valence-corrected chi connectivity index (χ3v) is 4.20. The van der Waals surface area contributed by atoms with Crippen molar-refractivity contribution in [1.82, 2.24) is 15.1 Å². The molecule has 2 amide bonds. The zero-order valence-corrected chi connectivity index (χ0v) is 12.6. The second-order valence-corrected chi connectivity index (χ2v) is 5.92. The third-order valence-electron chi connectivity index (χ3n) is 4.20. The number of hydrogen-bond donors (Lipinski definition) is 1. The van der Waals surface area contributed by atoms with Crippen LogP contribution in [-0.4, -0.2) is 60.4 Å². The molecule has 1 atom stereocenters. The molecule has 0 saturated carbocycles. The van der Waals surface area contributed by atoms with Gasteiger partial charge < -0.3 is 5.32 Å². The highest BCUT2D eigenvalue weighted by atomic mass is 16.2. The lowest BCUT2D eigenvalue weighted by Gasteiger charge is -2.26. The van der Waals surface area contributed by atoms with Crippen molar-refractivity contribution in [1.29, 1.82) is 0 Å². The van der Waals surface area contributed by atoms with E-state index in [2.05, 4.69) is 17.1 Å². The molecule has 2 aliphatic heterocycles. The molecule has 0 radical (unpaired) electrons. The summed E-state index contributed by atoms with van der Waals surface area (Å²) in [5.74, 6) is -0.00830. The normalized spacial score (nSPS) is 23.0. The highest BCUT2D eigenvalue weighted by Crippen LogP contribution is 2.12. The Morgan fingerprint density at radius 2 is 2.30 bits per heavy atom. The highest BCUT2D eigenvalue weighted by Gasteiger charge is 2.28. The predicted octanol–water partition coefficient (Wildman–Crippen LogP) is 0.990. The van der Waals surface area contributed by atoms with Crippen LogP contribution in [0.4, 0.5) is 0 Å².